The number of alkyl halides is 1. The summed E-state index contributed by atoms with van der Waals surface area (Å²) in [5, 5.41) is 8.88. The van der Waals surface area contributed by atoms with Crippen molar-refractivity contribution in [1.29, 1.82) is 0 Å². The van der Waals surface area contributed by atoms with E-state index < -0.39 is 17.6 Å². The summed E-state index contributed by atoms with van der Waals surface area (Å²) in [6, 6.07) is 7.48. The summed E-state index contributed by atoms with van der Waals surface area (Å²) in [5.74, 6) is -0.866. The van der Waals surface area contributed by atoms with Crippen LogP contribution in [0.25, 0.3) is 0 Å². The third-order valence-corrected chi connectivity index (χ3v) is 3.70. The largest absolute Gasteiger partial charge is 0.481 e. The Labute approximate surface area is 102 Å². The Morgan fingerprint density at radius 2 is 2.00 bits per heavy atom. The molecule has 0 aromatic heterocycles. The van der Waals surface area contributed by atoms with Crippen LogP contribution in [0.4, 0.5) is 4.39 Å². The average molecular weight is 287 g/mol. The monoisotopic (exact) mass is 286 g/mol. The molecule has 0 aliphatic heterocycles. The Bertz CT molecular complexity index is 396. The van der Waals surface area contributed by atoms with Gasteiger partial charge < -0.3 is 5.11 Å². The topological polar surface area (TPSA) is 37.3 Å². The standard InChI is InChI=1S/C12H12BrFO2/c13-9-3-1-8(2-4-9)12(7-11(15)16)5-10(14)6-12/h1-4,10H,5-7H2,(H,15,16). The molecule has 0 amide bonds. The second kappa shape index (κ2) is 4.17. The smallest absolute Gasteiger partial charge is 0.304 e. The number of carboxylic acids is 1. The van der Waals surface area contributed by atoms with Crippen LogP contribution >= 0.6 is 15.9 Å². The number of aliphatic carboxylic acids is 1. The summed E-state index contributed by atoms with van der Waals surface area (Å²) >= 11 is 3.32. The molecule has 2 nitrogen and oxygen atoms in total. The maximum absolute atomic E-state index is 13.0. The average Bonchev–Trinajstić information content (AvgIpc) is 2.15. The molecule has 0 unspecified atom stereocenters. The van der Waals surface area contributed by atoms with Gasteiger partial charge in [-0.3, -0.25) is 4.79 Å². The van der Waals surface area contributed by atoms with Crippen LogP contribution < -0.4 is 0 Å². The van der Waals surface area contributed by atoms with Gasteiger partial charge in [-0.15, -0.1) is 0 Å². The van der Waals surface area contributed by atoms with Gasteiger partial charge in [-0.25, -0.2) is 4.39 Å². The molecule has 0 atom stereocenters. The number of benzene rings is 1. The molecular weight excluding hydrogens is 275 g/mol. The van der Waals surface area contributed by atoms with Crippen LogP contribution in [0, 0.1) is 0 Å². The summed E-state index contributed by atoms with van der Waals surface area (Å²) in [6.07, 6.45) is -0.209. The van der Waals surface area contributed by atoms with E-state index in [9.17, 15) is 9.18 Å². The summed E-state index contributed by atoms with van der Waals surface area (Å²) in [6.45, 7) is 0. The molecule has 1 aromatic rings. The van der Waals surface area contributed by atoms with Crippen LogP contribution in [0.5, 0.6) is 0 Å². The molecule has 0 heterocycles. The number of hydrogen-bond acceptors (Lipinski definition) is 1. The van der Waals surface area contributed by atoms with Gasteiger partial charge >= 0.3 is 5.97 Å². The van der Waals surface area contributed by atoms with E-state index in [1.807, 2.05) is 24.3 Å². The highest BCUT2D eigenvalue weighted by atomic mass is 79.9. The lowest BCUT2D eigenvalue weighted by molar-refractivity contribution is -0.140. The summed E-state index contributed by atoms with van der Waals surface area (Å²) in [7, 11) is 0. The van der Waals surface area contributed by atoms with Gasteiger partial charge in [0.1, 0.15) is 6.17 Å². The molecule has 86 valence electrons. The molecule has 1 saturated carbocycles. The fourth-order valence-electron chi connectivity index (χ4n) is 2.36. The fraction of sp³-hybridized carbons (Fsp3) is 0.417. The van der Waals surface area contributed by atoms with Crippen molar-refractivity contribution >= 4 is 21.9 Å². The van der Waals surface area contributed by atoms with Crippen molar-refractivity contribution in [1.82, 2.24) is 0 Å². The van der Waals surface area contributed by atoms with E-state index in [1.165, 1.54) is 0 Å². The molecule has 1 N–H and O–H groups in total. The van der Waals surface area contributed by atoms with Gasteiger partial charge in [0.15, 0.2) is 0 Å². The van der Waals surface area contributed by atoms with Gasteiger partial charge in [0.2, 0.25) is 0 Å². The fourth-order valence-corrected chi connectivity index (χ4v) is 2.63. The molecule has 1 aliphatic rings. The predicted octanol–water partition coefficient (Wildman–Crippen LogP) is 3.29. The van der Waals surface area contributed by atoms with Crippen LogP contribution in [0.15, 0.2) is 28.7 Å². The zero-order valence-corrected chi connectivity index (χ0v) is 10.2. The zero-order valence-electron chi connectivity index (χ0n) is 8.62. The molecule has 2 rings (SSSR count). The van der Waals surface area contributed by atoms with E-state index in [0.29, 0.717) is 12.8 Å². The van der Waals surface area contributed by atoms with Crippen molar-refractivity contribution in [3.63, 3.8) is 0 Å². The van der Waals surface area contributed by atoms with Gasteiger partial charge in [0.05, 0.1) is 6.42 Å². The normalized spacial score (nSPS) is 28.5. The summed E-state index contributed by atoms with van der Waals surface area (Å²) in [5.41, 5.74) is 0.429. The Morgan fingerprint density at radius 3 is 2.44 bits per heavy atom. The first-order chi connectivity index (χ1) is 7.52. The molecule has 0 radical (unpaired) electrons. The number of rotatable bonds is 3. The van der Waals surface area contributed by atoms with Crippen LogP contribution in [0.2, 0.25) is 0 Å². The molecule has 1 aliphatic carbocycles. The third kappa shape index (κ3) is 2.12. The Hall–Kier alpha value is -0.900. The van der Waals surface area contributed by atoms with Gasteiger partial charge in [-0.2, -0.15) is 0 Å². The third-order valence-electron chi connectivity index (χ3n) is 3.17. The molecule has 0 spiro atoms. The first-order valence-electron chi connectivity index (χ1n) is 5.14. The Balaban J connectivity index is 2.26. The van der Waals surface area contributed by atoms with Crippen LogP contribution in [-0.2, 0) is 10.2 Å². The number of halogens is 2. The summed E-state index contributed by atoms with van der Waals surface area (Å²) < 4.78 is 14.0. The molecule has 4 heteroatoms. The number of carboxylic acid groups (broad SMARTS) is 1. The first kappa shape index (κ1) is 11.6. The van der Waals surface area contributed by atoms with Gasteiger partial charge in [-0.1, -0.05) is 28.1 Å². The van der Waals surface area contributed by atoms with Crippen molar-refractivity contribution in [3.8, 4) is 0 Å². The molecule has 1 aromatic carbocycles. The van der Waals surface area contributed by atoms with Crippen LogP contribution in [0.3, 0.4) is 0 Å². The molecule has 1 fully saturated rings. The van der Waals surface area contributed by atoms with Crippen LogP contribution in [0.1, 0.15) is 24.8 Å². The van der Waals surface area contributed by atoms with Crippen LogP contribution in [-0.4, -0.2) is 17.2 Å². The molecule has 0 bridgehead atoms. The van der Waals surface area contributed by atoms with Gasteiger partial charge in [0.25, 0.3) is 0 Å². The maximum Gasteiger partial charge on any atom is 0.304 e. The molecule has 0 saturated heterocycles. The second-order valence-corrected chi connectivity index (χ2v) is 5.28. The van der Waals surface area contributed by atoms with Crippen molar-refractivity contribution in [2.24, 2.45) is 0 Å². The lowest BCUT2D eigenvalue weighted by Gasteiger charge is -2.43. The van der Waals surface area contributed by atoms with Crippen molar-refractivity contribution in [2.75, 3.05) is 0 Å². The maximum atomic E-state index is 13.0. The van der Waals surface area contributed by atoms with Gasteiger partial charge in [-0.05, 0) is 30.5 Å². The highest BCUT2D eigenvalue weighted by Gasteiger charge is 2.47. The highest BCUT2D eigenvalue weighted by molar-refractivity contribution is 9.10. The van der Waals surface area contributed by atoms with E-state index in [2.05, 4.69) is 15.9 Å². The minimum atomic E-state index is -0.866. The Morgan fingerprint density at radius 1 is 1.44 bits per heavy atom. The van der Waals surface area contributed by atoms with E-state index in [4.69, 9.17) is 5.11 Å². The second-order valence-electron chi connectivity index (χ2n) is 4.36. The van der Waals surface area contributed by atoms with Gasteiger partial charge in [0, 0.05) is 9.89 Å². The molecular formula is C12H12BrFO2. The minimum absolute atomic E-state index is 0.00898. The number of hydrogen-bond donors (Lipinski definition) is 1. The first-order valence-corrected chi connectivity index (χ1v) is 5.93. The number of carbonyl (C=O) groups is 1. The SMILES string of the molecule is O=C(O)CC1(c2ccc(Br)cc2)CC(F)C1. The predicted molar refractivity (Wildman–Crippen MR) is 62.2 cm³/mol. The zero-order chi connectivity index (χ0) is 11.8. The van der Waals surface area contributed by atoms with E-state index in [1.54, 1.807) is 0 Å². The van der Waals surface area contributed by atoms with E-state index >= 15 is 0 Å². The lowest BCUT2D eigenvalue weighted by atomic mass is 9.61. The van der Waals surface area contributed by atoms with E-state index in [-0.39, 0.29) is 6.42 Å². The van der Waals surface area contributed by atoms with E-state index in [0.717, 1.165) is 10.0 Å². The highest BCUT2D eigenvalue weighted by Crippen LogP contribution is 2.48. The van der Waals surface area contributed by atoms with Crippen molar-refractivity contribution in [2.45, 2.75) is 30.8 Å². The quantitative estimate of drug-likeness (QED) is 0.926. The molecule has 16 heavy (non-hydrogen) atoms. The minimum Gasteiger partial charge on any atom is -0.481 e. The van der Waals surface area contributed by atoms with Crippen molar-refractivity contribution in [3.05, 3.63) is 34.3 Å². The van der Waals surface area contributed by atoms with Crippen molar-refractivity contribution < 1.29 is 14.3 Å². The summed E-state index contributed by atoms with van der Waals surface area (Å²) in [4.78, 5) is 10.8. The Kier molecular flexibility index (Phi) is 3.02. The lowest BCUT2D eigenvalue weighted by Crippen LogP contribution is -2.44.